The minimum atomic E-state index is -4.49. The summed E-state index contributed by atoms with van der Waals surface area (Å²) in [5, 5.41) is 0.887. The Morgan fingerprint density at radius 3 is 2.61 bits per heavy atom. The van der Waals surface area contributed by atoms with Crippen LogP contribution in [0.2, 0.25) is 0 Å². The van der Waals surface area contributed by atoms with Crippen LogP contribution in [0.5, 0.6) is 0 Å². The molecule has 1 unspecified atom stereocenters. The summed E-state index contributed by atoms with van der Waals surface area (Å²) in [6.45, 7) is 2.83. The summed E-state index contributed by atoms with van der Waals surface area (Å²) in [6.07, 6.45) is 1.96. The van der Waals surface area contributed by atoms with Crippen molar-refractivity contribution >= 4 is 16.8 Å². The molecule has 0 saturated heterocycles. The third-order valence-electron chi connectivity index (χ3n) is 6.24. The maximum Gasteiger partial charge on any atom is 0.417 e. The zero-order chi connectivity index (χ0) is 25.3. The molecule has 0 saturated carbocycles. The molecular weight excluding hydrogens is 471 g/mol. The molecule has 1 aliphatic heterocycles. The minimum Gasteiger partial charge on any atom is -0.376 e. The Balaban J connectivity index is 1.52. The average Bonchev–Trinajstić information content (AvgIpc) is 2.91. The SMILES string of the molecule is CC(c1ncccn1)N(Cc1ccc(C(F)(F)F)cn1)C(=O)c1ccc2ncc3c(c2c1)CCOC3. The van der Waals surface area contributed by atoms with Gasteiger partial charge in [0.1, 0.15) is 5.82 Å². The van der Waals surface area contributed by atoms with Gasteiger partial charge in [-0.1, -0.05) is 0 Å². The summed E-state index contributed by atoms with van der Waals surface area (Å²) < 4.78 is 44.5. The van der Waals surface area contributed by atoms with Crippen LogP contribution in [0.3, 0.4) is 0 Å². The summed E-state index contributed by atoms with van der Waals surface area (Å²) in [4.78, 5) is 32.3. The van der Waals surface area contributed by atoms with E-state index in [0.29, 0.717) is 30.3 Å². The molecule has 7 nitrogen and oxygen atoms in total. The lowest BCUT2D eigenvalue weighted by Gasteiger charge is -2.28. The van der Waals surface area contributed by atoms with Crippen LogP contribution in [-0.4, -0.2) is 37.3 Å². The number of rotatable bonds is 5. The highest BCUT2D eigenvalue weighted by molar-refractivity contribution is 5.99. The van der Waals surface area contributed by atoms with E-state index in [0.717, 1.165) is 40.7 Å². The third kappa shape index (κ3) is 4.76. The predicted octanol–water partition coefficient (Wildman–Crippen LogP) is 4.91. The Hall–Kier alpha value is -3.92. The summed E-state index contributed by atoms with van der Waals surface area (Å²) in [7, 11) is 0. The van der Waals surface area contributed by atoms with E-state index in [1.54, 1.807) is 43.7 Å². The predicted molar refractivity (Wildman–Crippen MR) is 125 cm³/mol. The van der Waals surface area contributed by atoms with E-state index in [2.05, 4.69) is 19.9 Å². The highest BCUT2D eigenvalue weighted by atomic mass is 19.4. The van der Waals surface area contributed by atoms with Crippen molar-refractivity contribution in [2.75, 3.05) is 6.61 Å². The highest BCUT2D eigenvalue weighted by Gasteiger charge is 2.31. The van der Waals surface area contributed by atoms with Crippen LogP contribution in [0.15, 0.2) is 61.2 Å². The molecular formula is C26H22F3N5O2. The number of pyridine rings is 2. The monoisotopic (exact) mass is 493 g/mol. The van der Waals surface area contributed by atoms with Gasteiger partial charge in [-0.05, 0) is 60.9 Å². The molecule has 3 aromatic heterocycles. The maximum atomic E-state index is 13.8. The molecule has 1 aliphatic rings. The van der Waals surface area contributed by atoms with Gasteiger partial charge in [0.05, 0.1) is 42.6 Å². The van der Waals surface area contributed by atoms with Gasteiger partial charge in [-0.25, -0.2) is 9.97 Å². The first kappa shape index (κ1) is 23.8. The van der Waals surface area contributed by atoms with E-state index >= 15 is 0 Å². The number of carbonyl (C=O) groups is 1. The Labute approximate surface area is 205 Å². The van der Waals surface area contributed by atoms with Crippen molar-refractivity contribution in [2.24, 2.45) is 0 Å². The van der Waals surface area contributed by atoms with Crippen molar-refractivity contribution in [2.45, 2.75) is 38.7 Å². The van der Waals surface area contributed by atoms with Gasteiger partial charge >= 0.3 is 6.18 Å². The standard InChI is InChI=1S/C26H22F3N5O2/c1-16(24-30-8-2-9-31-24)34(14-20-5-4-19(13-32-20)26(27,28)29)25(35)17-3-6-23-22(11-17)21-7-10-36-15-18(21)12-33-23/h2-6,8-9,11-13,16H,7,10,14-15H2,1H3. The number of fused-ring (bicyclic) bond motifs is 3. The molecule has 4 aromatic rings. The fourth-order valence-electron chi connectivity index (χ4n) is 4.27. The Morgan fingerprint density at radius 1 is 1.08 bits per heavy atom. The number of alkyl halides is 3. The maximum absolute atomic E-state index is 13.8. The molecule has 4 heterocycles. The minimum absolute atomic E-state index is 0.0204. The summed E-state index contributed by atoms with van der Waals surface area (Å²) >= 11 is 0. The molecule has 0 fully saturated rings. The lowest BCUT2D eigenvalue weighted by Crippen LogP contribution is -2.34. The number of nitrogens with zero attached hydrogens (tertiary/aromatic N) is 5. The van der Waals surface area contributed by atoms with Crippen molar-refractivity contribution < 1.29 is 22.7 Å². The Bertz CT molecular complexity index is 1390. The van der Waals surface area contributed by atoms with Crippen LogP contribution in [0.4, 0.5) is 13.2 Å². The zero-order valence-corrected chi connectivity index (χ0v) is 19.4. The smallest absolute Gasteiger partial charge is 0.376 e. The van der Waals surface area contributed by atoms with Gasteiger partial charge in [0.2, 0.25) is 0 Å². The van der Waals surface area contributed by atoms with Gasteiger partial charge in [-0.15, -0.1) is 0 Å². The van der Waals surface area contributed by atoms with Crippen molar-refractivity contribution in [1.29, 1.82) is 0 Å². The number of amides is 1. The van der Waals surface area contributed by atoms with Crippen LogP contribution in [0.1, 0.15) is 51.5 Å². The molecule has 184 valence electrons. The molecule has 1 atom stereocenters. The van der Waals surface area contributed by atoms with Gasteiger partial charge in [0.15, 0.2) is 0 Å². The third-order valence-corrected chi connectivity index (χ3v) is 6.24. The number of benzene rings is 1. The second-order valence-electron chi connectivity index (χ2n) is 8.55. The van der Waals surface area contributed by atoms with Crippen molar-refractivity contribution in [3.63, 3.8) is 0 Å². The second kappa shape index (κ2) is 9.62. The van der Waals surface area contributed by atoms with Gasteiger partial charge in [0, 0.05) is 35.7 Å². The fourth-order valence-corrected chi connectivity index (χ4v) is 4.27. The molecule has 10 heteroatoms. The summed E-state index contributed by atoms with van der Waals surface area (Å²) in [5.74, 6) is 0.0953. The largest absolute Gasteiger partial charge is 0.417 e. The van der Waals surface area contributed by atoms with E-state index in [9.17, 15) is 18.0 Å². The molecule has 0 radical (unpaired) electrons. The van der Waals surface area contributed by atoms with Crippen molar-refractivity contribution in [3.8, 4) is 0 Å². The molecule has 0 N–H and O–H groups in total. The number of carbonyl (C=O) groups excluding carboxylic acids is 1. The van der Waals surface area contributed by atoms with Crippen molar-refractivity contribution in [1.82, 2.24) is 24.8 Å². The van der Waals surface area contributed by atoms with Crippen LogP contribution >= 0.6 is 0 Å². The second-order valence-corrected chi connectivity index (χ2v) is 8.55. The molecule has 1 amide bonds. The van der Waals surface area contributed by atoms with Gasteiger partial charge < -0.3 is 9.64 Å². The lowest BCUT2D eigenvalue weighted by molar-refractivity contribution is -0.137. The average molecular weight is 493 g/mol. The first-order valence-electron chi connectivity index (χ1n) is 11.4. The Morgan fingerprint density at radius 2 is 1.89 bits per heavy atom. The highest BCUT2D eigenvalue weighted by Crippen LogP contribution is 2.30. The van der Waals surface area contributed by atoms with Gasteiger partial charge in [-0.3, -0.25) is 14.8 Å². The number of ether oxygens (including phenoxy) is 1. The lowest BCUT2D eigenvalue weighted by atomic mass is 9.98. The first-order chi connectivity index (χ1) is 17.3. The number of aromatic nitrogens is 4. The number of halogens is 3. The molecule has 0 spiro atoms. The van der Waals surface area contributed by atoms with Gasteiger partial charge in [-0.2, -0.15) is 13.2 Å². The zero-order valence-electron chi connectivity index (χ0n) is 19.4. The fraction of sp³-hybridized carbons (Fsp3) is 0.269. The molecule has 0 bridgehead atoms. The van der Waals surface area contributed by atoms with E-state index in [-0.39, 0.29) is 12.5 Å². The normalized spacial score (nSPS) is 14.3. The number of hydrogen-bond donors (Lipinski definition) is 0. The van der Waals surface area contributed by atoms with Crippen molar-refractivity contribution in [3.05, 3.63) is 95.0 Å². The summed E-state index contributed by atoms with van der Waals surface area (Å²) in [6, 6.07) is 8.68. The quantitative estimate of drug-likeness (QED) is 0.393. The van der Waals surface area contributed by atoms with Crippen LogP contribution < -0.4 is 0 Å². The van der Waals surface area contributed by atoms with Gasteiger partial charge in [0.25, 0.3) is 5.91 Å². The first-order valence-corrected chi connectivity index (χ1v) is 11.4. The molecule has 0 aliphatic carbocycles. The Kier molecular flexibility index (Phi) is 6.36. The van der Waals surface area contributed by atoms with E-state index < -0.39 is 17.8 Å². The van der Waals surface area contributed by atoms with E-state index in [4.69, 9.17) is 4.74 Å². The molecule has 5 rings (SSSR count). The van der Waals surface area contributed by atoms with E-state index in [1.165, 1.54) is 11.0 Å². The van der Waals surface area contributed by atoms with Crippen LogP contribution in [-0.2, 0) is 30.5 Å². The van der Waals surface area contributed by atoms with Crippen LogP contribution in [0, 0.1) is 0 Å². The van der Waals surface area contributed by atoms with E-state index in [1.807, 2.05) is 6.07 Å². The van der Waals surface area contributed by atoms with Crippen LogP contribution in [0.25, 0.3) is 10.9 Å². The molecule has 36 heavy (non-hydrogen) atoms. The molecule has 1 aromatic carbocycles. The summed E-state index contributed by atoms with van der Waals surface area (Å²) in [5.41, 5.74) is 2.78. The number of hydrogen-bond acceptors (Lipinski definition) is 6. The topological polar surface area (TPSA) is 81.1 Å².